The summed E-state index contributed by atoms with van der Waals surface area (Å²) in [6.07, 6.45) is 7.35. The maximum Gasteiger partial charge on any atom is 0.185 e. The molecule has 2 aromatic rings. The van der Waals surface area contributed by atoms with Gasteiger partial charge in [0.2, 0.25) is 0 Å². The first kappa shape index (κ1) is 16.1. The Hall–Kier alpha value is -2.81. The van der Waals surface area contributed by atoms with E-state index in [0.717, 1.165) is 48.0 Å². The van der Waals surface area contributed by atoms with E-state index in [1.54, 1.807) is 24.3 Å². The molecular weight excluding hydrogens is 300 g/mol. The number of aromatic hydroxyl groups is 2. The van der Waals surface area contributed by atoms with Crippen LogP contribution in [0, 0.1) is 0 Å². The van der Waals surface area contributed by atoms with Crippen LogP contribution in [0.1, 0.15) is 36.8 Å². The third kappa shape index (κ3) is 3.93. The quantitative estimate of drug-likeness (QED) is 0.622. The molecule has 3 heteroatoms. The Morgan fingerprint density at radius 1 is 0.667 bits per heavy atom. The second-order valence-electron chi connectivity index (χ2n) is 6.06. The highest BCUT2D eigenvalue weighted by Gasteiger charge is 2.18. The van der Waals surface area contributed by atoms with E-state index in [1.165, 1.54) is 0 Å². The summed E-state index contributed by atoms with van der Waals surface area (Å²) in [4.78, 5) is 12.9. The second-order valence-corrected chi connectivity index (χ2v) is 6.06. The summed E-state index contributed by atoms with van der Waals surface area (Å²) in [5.74, 6) is 0.531. The van der Waals surface area contributed by atoms with Crippen LogP contribution in [0.5, 0.6) is 11.5 Å². The number of hydrogen-bond acceptors (Lipinski definition) is 3. The minimum Gasteiger partial charge on any atom is -0.508 e. The molecule has 1 fully saturated rings. The first-order valence-electron chi connectivity index (χ1n) is 8.16. The van der Waals surface area contributed by atoms with Crippen LogP contribution in [0.3, 0.4) is 0 Å². The number of carbonyl (C=O) groups is 1. The van der Waals surface area contributed by atoms with Crippen LogP contribution in [0.15, 0.2) is 59.7 Å². The van der Waals surface area contributed by atoms with Gasteiger partial charge in [-0.15, -0.1) is 0 Å². The van der Waals surface area contributed by atoms with Gasteiger partial charge in [-0.25, -0.2) is 0 Å². The molecule has 0 aliphatic heterocycles. The van der Waals surface area contributed by atoms with Gasteiger partial charge in [0.15, 0.2) is 5.78 Å². The standard InChI is InChI=1S/C21H20O3/c22-19-9-5-15(6-10-19)13-17-3-1-2-4-18(21(17)24)14-16-7-11-20(23)12-8-16/h5-14,22-23H,1-4H2/b17-13+,18-14+. The molecule has 1 aliphatic carbocycles. The summed E-state index contributed by atoms with van der Waals surface area (Å²) in [5.41, 5.74) is 3.45. The Morgan fingerprint density at radius 3 is 1.42 bits per heavy atom. The molecule has 0 unspecified atom stereocenters. The number of hydrogen-bond donors (Lipinski definition) is 2. The fraction of sp³-hybridized carbons (Fsp3) is 0.190. The van der Waals surface area contributed by atoms with Crippen LogP contribution in [-0.4, -0.2) is 16.0 Å². The molecule has 0 aromatic heterocycles. The predicted octanol–water partition coefficient (Wildman–Crippen LogP) is 4.71. The fourth-order valence-corrected chi connectivity index (χ4v) is 2.88. The molecule has 122 valence electrons. The number of allylic oxidation sites excluding steroid dienone is 2. The minimum absolute atomic E-state index is 0.0913. The number of carbonyl (C=O) groups excluding carboxylic acids is 1. The SMILES string of the molecule is O=C1/C(=C/c2ccc(O)cc2)CCCC/C1=C\c1ccc(O)cc1. The minimum atomic E-state index is 0.0913. The molecule has 0 heterocycles. The summed E-state index contributed by atoms with van der Waals surface area (Å²) in [5, 5.41) is 18.7. The van der Waals surface area contributed by atoms with Gasteiger partial charge in [-0.2, -0.15) is 0 Å². The van der Waals surface area contributed by atoms with Gasteiger partial charge in [0.25, 0.3) is 0 Å². The molecule has 0 radical (unpaired) electrons. The number of benzene rings is 2. The van der Waals surface area contributed by atoms with Crippen molar-refractivity contribution in [1.82, 2.24) is 0 Å². The molecule has 1 saturated carbocycles. The van der Waals surface area contributed by atoms with E-state index in [9.17, 15) is 15.0 Å². The Morgan fingerprint density at radius 2 is 1.04 bits per heavy atom. The Bertz CT molecular complexity index is 713. The lowest BCUT2D eigenvalue weighted by atomic mass is 9.98. The number of Topliss-reactive ketones (excluding diaryl/α,β-unsaturated/α-hetero) is 1. The van der Waals surface area contributed by atoms with Gasteiger partial charge in [0.1, 0.15) is 11.5 Å². The van der Waals surface area contributed by atoms with E-state index < -0.39 is 0 Å². The first-order valence-corrected chi connectivity index (χ1v) is 8.16. The zero-order valence-corrected chi connectivity index (χ0v) is 13.4. The van der Waals surface area contributed by atoms with E-state index >= 15 is 0 Å². The maximum atomic E-state index is 12.9. The van der Waals surface area contributed by atoms with Crippen LogP contribution in [0.25, 0.3) is 12.2 Å². The van der Waals surface area contributed by atoms with Crippen LogP contribution >= 0.6 is 0 Å². The van der Waals surface area contributed by atoms with E-state index in [4.69, 9.17) is 0 Å². The van der Waals surface area contributed by atoms with E-state index in [2.05, 4.69) is 0 Å². The number of phenolic OH excluding ortho intramolecular Hbond substituents is 2. The van der Waals surface area contributed by atoms with Crippen LogP contribution in [0.2, 0.25) is 0 Å². The zero-order valence-electron chi connectivity index (χ0n) is 13.4. The highest BCUT2D eigenvalue weighted by Crippen LogP contribution is 2.27. The van der Waals surface area contributed by atoms with E-state index in [1.807, 2.05) is 36.4 Å². The average molecular weight is 320 g/mol. The smallest absolute Gasteiger partial charge is 0.185 e. The topological polar surface area (TPSA) is 57.5 Å². The highest BCUT2D eigenvalue weighted by atomic mass is 16.3. The Kier molecular flexibility index (Phi) is 4.80. The second kappa shape index (κ2) is 7.18. The first-order chi connectivity index (χ1) is 11.6. The third-order valence-corrected chi connectivity index (χ3v) is 4.19. The molecule has 0 atom stereocenters. The van der Waals surface area contributed by atoms with Gasteiger partial charge < -0.3 is 10.2 Å². The largest absolute Gasteiger partial charge is 0.508 e. The normalized spacial score (nSPS) is 18.8. The lowest BCUT2D eigenvalue weighted by molar-refractivity contribution is -0.112. The van der Waals surface area contributed by atoms with Gasteiger partial charge in [0.05, 0.1) is 0 Å². The van der Waals surface area contributed by atoms with Gasteiger partial charge in [-0.1, -0.05) is 24.3 Å². The Labute approximate surface area is 141 Å². The summed E-state index contributed by atoms with van der Waals surface area (Å²) < 4.78 is 0. The molecule has 0 bridgehead atoms. The van der Waals surface area contributed by atoms with E-state index in [0.29, 0.717) is 0 Å². The third-order valence-electron chi connectivity index (χ3n) is 4.19. The molecule has 24 heavy (non-hydrogen) atoms. The molecular formula is C21H20O3. The summed E-state index contributed by atoms with van der Waals surface area (Å²) in [6.45, 7) is 0. The van der Waals surface area contributed by atoms with Crippen LogP contribution < -0.4 is 0 Å². The zero-order chi connectivity index (χ0) is 16.9. The molecule has 0 amide bonds. The average Bonchev–Trinajstić information content (AvgIpc) is 2.75. The predicted molar refractivity (Wildman–Crippen MR) is 95.6 cm³/mol. The molecule has 3 nitrogen and oxygen atoms in total. The lowest BCUT2D eigenvalue weighted by Crippen LogP contribution is -2.03. The summed E-state index contributed by atoms with van der Waals surface area (Å²) >= 11 is 0. The van der Waals surface area contributed by atoms with Crippen molar-refractivity contribution in [2.45, 2.75) is 25.7 Å². The molecule has 0 saturated heterocycles. The van der Waals surface area contributed by atoms with Gasteiger partial charge >= 0.3 is 0 Å². The number of phenols is 2. The highest BCUT2D eigenvalue weighted by molar-refractivity contribution is 6.13. The van der Waals surface area contributed by atoms with Crippen molar-refractivity contribution in [3.63, 3.8) is 0 Å². The molecule has 0 spiro atoms. The summed E-state index contributed by atoms with van der Waals surface area (Å²) in [7, 11) is 0. The van der Waals surface area contributed by atoms with Crippen LogP contribution in [-0.2, 0) is 4.79 Å². The molecule has 1 aliphatic rings. The van der Waals surface area contributed by atoms with Crippen molar-refractivity contribution in [3.05, 3.63) is 70.8 Å². The van der Waals surface area contributed by atoms with Crippen molar-refractivity contribution >= 4 is 17.9 Å². The van der Waals surface area contributed by atoms with Gasteiger partial charge in [-0.05, 0) is 73.2 Å². The molecule has 2 N–H and O–H groups in total. The van der Waals surface area contributed by atoms with Crippen molar-refractivity contribution in [2.75, 3.05) is 0 Å². The van der Waals surface area contributed by atoms with Crippen molar-refractivity contribution < 1.29 is 15.0 Å². The van der Waals surface area contributed by atoms with Crippen molar-refractivity contribution in [2.24, 2.45) is 0 Å². The molecule has 2 aromatic carbocycles. The van der Waals surface area contributed by atoms with Crippen LogP contribution in [0.4, 0.5) is 0 Å². The maximum absolute atomic E-state index is 12.9. The summed E-state index contributed by atoms with van der Waals surface area (Å²) in [6, 6.07) is 13.7. The molecule has 3 rings (SSSR count). The van der Waals surface area contributed by atoms with E-state index in [-0.39, 0.29) is 17.3 Å². The Balaban J connectivity index is 1.90. The van der Waals surface area contributed by atoms with Crippen molar-refractivity contribution in [1.29, 1.82) is 0 Å². The van der Waals surface area contributed by atoms with Gasteiger partial charge in [0, 0.05) is 11.1 Å². The monoisotopic (exact) mass is 320 g/mol. The van der Waals surface area contributed by atoms with Gasteiger partial charge in [-0.3, -0.25) is 4.79 Å². The number of rotatable bonds is 2. The number of ketones is 1. The van der Waals surface area contributed by atoms with Crippen molar-refractivity contribution in [3.8, 4) is 11.5 Å². The lowest BCUT2D eigenvalue weighted by Gasteiger charge is -2.06. The fourth-order valence-electron chi connectivity index (χ4n) is 2.88.